The van der Waals surface area contributed by atoms with Crippen LogP contribution in [0.4, 0.5) is 8.78 Å². The van der Waals surface area contributed by atoms with E-state index >= 15 is 0 Å². The Morgan fingerprint density at radius 1 is 1.32 bits per heavy atom. The quantitative estimate of drug-likeness (QED) is 0.711. The lowest BCUT2D eigenvalue weighted by Gasteiger charge is -2.04. The molecule has 2 aromatic heterocycles. The molecule has 0 aliphatic carbocycles. The molecule has 0 amide bonds. The SMILES string of the molecule is CCOC(=O)c1cnn(CCc2nc3cc(F)c(F)cc3c(=O)[nH]2)c1. The van der Waals surface area contributed by atoms with Gasteiger partial charge in [0.15, 0.2) is 11.6 Å². The molecule has 0 fully saturated rings. The normalized spacial score (nSPS) is 11.0. The predicted molar refractivity (Wildman–Crippen MR) is 84.2 cm³/mol. The van der Waals surface area contributed by atoms with Crippen molar-refractivity contribution in [3.8, 4) is 0 Å². The fraction of sp³-hybridized carbons (Fsp3) is 0.250. The Bertz CT molecular complexity index is 997. The molecule has 25 heavy (non-hydrogen) atoms. The third kappa shape index (κ3) is 3.54. The monoisotopic (exact) mass is 348 g/mol. The van der Waals surface area contributed by atoms with Crippen LogP contribution in [-0.2, 0) is 17.7 Å². The Morgan fingerprint density at radius 2 is 2.08 bits per heavy atom. The van der Waals surface area contributed by atoms with Crippen molar-refractivity contribution in [3.05, 3.63) is 57.9 Å². The van der Waals surface area contributed by atoms with Crippen LogP contribution in [0.2, 0.25) is 0 Å². The predicted octanol–water partition coefficient (Wildman–Crippen LogP) is 1.82. The van der Waals surface area contributed by atoms with Gasteiger partial charge in [0, 0.05) is 25.2 Å². The van der Waals surface area contributed by atoms with E-state index < -0.39 is 23.2 Å². The highest BCUT2D eigenvalue weighted by Crippen LogP contribution is 2.13. The van der Waals surface area contributed by atoms with Crippen molar-refractivity contribution < 1.29 is 18.3 Å². The van der Waals surface area contributed by atoms with Crippen LogP contribution in [0, 0.1) is 11.6 Å². The second-order valence-corrected chi connectivity index (χ2v) is 5.26. The molecule has 3 aromatic rings. The topological polar surface area (TPSA) is 89.9 Å². The number of carbonyl (C=O) groups is 1. The molecule has 0 radical (unpaired) electrons. The number of halogens is 2. The van der Waals surface area contributed by atoms with Crippen molar-refractivity contribution in [1.29, 1.82) is 0 Å². The number of benzene rings is 1. The van der Waals surface area contributed by atoms with E-state index in [0.29, 0.717) is 17.9 Å². The maximum Gasteiger partial charge on any atom is 0.341 e. The van der Waals surface area contributed by atoms with Crippen molar-refractivity contribution in [1.82, 2.24) is 19.7 Å². The molecule has 0 saturated carbocycles. The third-order valence-electron chi connectivity index (χ3n) is 3.52. The van der Waals surface area contributed by atoms with Gasteiger partial charge in [-0.15, -0.1) is 0 Å². The Morgan fingerprint density at radius 3 is 2.84 bits per heavy atom. The number of nitrogens with one attached hydrogen (secondary N) is 1. The first-order valence-corrected chi connectivity index (χ1v) is 7.55. The summed E-state index contributed by atoms with van der Waals surface area (Å²) in [6, 6.07) is 1.70. The Balaban J connectivity index is 1.78. The number of H-pyrrole nitrogens is 1. The number of hydrogen-bond acceptors (Lipinski definition) is 5. The Labute approximate surface area is 140 Å². The largest absolute Gasteiger partial charge is 0.462 e. The summed E-state index contributed by atoms with van der Waals surface area (Å²) in [5.41, 5.74) is -0.156. The number of nitrogens with zero attached hydrogens (tertiary/aromatic N) is 3. The summed E-state index contributed by atoms with van der Waals surface area (Å²) in [7, 11) is 0. The standard InChI is InChI=1S/C16H14F2N4O3/c1-2-25-16(24)9-7-19-22(8-9)4-3-14-20-13-6-12(18)11(17)5-10(13)15(23)21-14/h5-8H,2-4H2,1H3,(H,20,21,23). The molecule has 0 aliphatic rings. The van der Waals surface area contributed by atoms with E-state index in [-0.39, 0.29) is 23.9 Å². The average molecular weight is 348 g/mol. The maximum atomic E-state index is 13.3. The number of ether oxygens (including phenoxy) is 1. The molecule has 2 heterocycles. The number of carbonyl (C=O) groups excluding carboxylic acids is 1. The molecular weight excluding hydrogens is 334 g/mol. The zero-order chi connectivity index (χ0) is 18.0. The molecule has 0 saturated heterocycles. The number of aromatic amines is 1. The number of rotatable bonds is 5. The molecular formula is C16H14F2N4O3. The molecule has 0 spiro atoms. The minimum Gasteiger partial charge on any atom is -0.462 e. The van der Waals surface area contributed by atoms with E-state index in [9.17, 15) is 18.4 Å². The van der Waals surface area contributed by atoms with Crippen LogP contribution in [-0.4, -0.2) is 32.3 Å². The van der Waals surface area contributed by atoms with E-state index in [0.717, 1.165) is 12.1 Å². The van der Waals surface area contributed by atoms with E-state index in [1.165, 1.54) is 17.1 Å². The van der Waals surface area contributed by atoms with E-state index in [1.807, 2.05) is 0 Å². The summed E-state index contributed by atoms with van der Waals surface area (Å²) in [5, 5.41) is 4.01. The van der Waals surface area contributed by atoms with Crippen LogP contribution in [0.25, 0.3) is 10.9 Å². The van der Waals surface area contributed by atoms with Gasteiger partial charge in [-0.1, -0.05) is 0 Å². The summed E-state index contributed by atoms with van der Waals surface area (Å²) >= 11 is 0. The molecule has 0 atom stereocenters. The lowest BCUT2D eigenvalue weighted by Crippen LogP contribution is -2.14. The van der Waals surface area contributed by atoms with E-state index in [1.54, 1.807) is 6.92 Å². The third-order valence-corrected chi connectivity index (χ3v) is 3.52. The number of hydrogen-bond donors (Lipinski definition) is 1. The summed E-state index contributed by atoms with van der Waals surface area (Å²) in [5.74, 6) is -2.33. The van der Waals surface area contributed by atoms with Crippen LogP contribution in [0.15, 0.2) is 29.3 Å². The smallest absolute Gasteiger partial charge is 0.341 e. The van der Waals surface area contributed by atoms with E-state index in [4.69, 9.17) is 4.74 Å². The van der Waals surface area contributed by atoms with Gasteiger partial charge in [0.25, 0.3) is 5.56 Å². The summed E-state index contributed by atoms with van der Waals surface area (Å²) in [4.78, 5) is 30.2. The van der Waals surface area contributed by atoms with Crippen molar-refractivity contribution in [2.45, 2.75) is 19.9 Å². The Hall–Kier alpha value is -3.10. The van der Waals surface area contributed by atoms with Gasteiger partial charge in [0.1, 0.15) is 5.82 Å². The first-order chi connectivity index (χ1) is 12.0. The van der Waals surface area contributed by atoms with E-state index in [2.05, 4.69) is 15.1 Å². The van der Waals surface area contributed by atoms with Crippen molar-refractivity contribution in [2.75, 3.05) is 6.61 Å². The minimum atomic E-state index is -1.10. The number of fused-ring (bicyclic) bond motifs is 1. The van der Waals surface area contributed by atoms with Gasteiger partial charge in [-0.2, -0.15) is 5.10 Å². The van der Waals surface area contributed by atoms with Crippen LogP contribution in [0.1, 0.15) is 23.1 Å². The number of aromatic nitrogens is 4. The molecule has 0 bridgehead atoms. The van der Waals surface area contributed by atoms with Gasteiger partial charge < -0.3 is 9.72 Å². The van der Waals surface area contributed by atoms with Gasteiger partial charge in [-0.25, -0.2) is 18.6 Å². The van der Waals surface area contributed by atoms with Gasteiger partial charge in [-0.3, -0.25) is 9.48 Å². The lowest BCUT2D eigenvalue weighted by atomic mass is 10.2. The minimum absolute atomic E-state index is 0.0219. The van der Waals surface area contributed by atoms with Crippen LogP contribution in [0.3, 0.4) is 0 Å². The highest BCUT2D eigenvalue weighted by Gasteiger charge is 2.11. The fourth-order valence-electron chi connectivity index (χ4n) is 2.33. The highest BCUT2D eigenvalue weighted by atomic mass is 19.2. The molecule has 3 rings (SSSR count). The molecule has 0 unspecified atom stereocenters. The molecule has 9 heteroatoms. The number of aryl methyl sites for hydroxylation is 2. The average Bonchev–Trinajstić information content (AvgIpc) is 3.04. The van der Waals surface area contributed by atoms with Crippen molar-refractivity contribution in [3.63, 3.8) is 0 Å². The zero-order valence-corrected chi connectivity index (χ0v) is 13.3. The molecule has 7 nitrogen and oxygen atoms in total. The first-order valence-electron chi connectivity index (χ1n) is 7.55. The first kappa shape index (κ1) is 16.7. The summed E-state index contributed by atoms with van der Waals surface area (Å²) in [6.07, 6.45) is 3.19. The second-order valence-electron chi connectivity index (χ2n) is 5.26. The van der Waals surface area contributed by atoms with Crippen LogP contribution >= 0.6 is 0 Å². The molecule has 130 valence electrons. The van der Waals surface area contributed by atoms with Crippen LogP contribution in [0.5, 0.6) is 0 Å². The van der Waals surface area contributed by atoms with Gasteiger partial charge in [0.2, 0.25) is 0 Å². The second kappa shape index (κ2) is 6.80. The zero-order valence-electron chi connectivity index (χ0n) is 13.3. The van der Waals surface area contributed by atoms with Crippen molar-refractivity contribution >= 4 is 16.9 Å². The summed E-state index contributed by atoms with van der Waals surface area (Å²) < 4.78 is 32.9. The molecule has 0 aliphatic heterocycles. The molecule has 1 aromatic carbocycles. The Kier molecular flexibility index (Phi) is 4.55. The van der Waals surface area contributed by atoms with Gasteiger partial charge >= 0.3 is 5.97 Å². The lowest BCUT2D eigenvalue weighted by molar-refractivity contribution is 0.0526. The molecule has 1 N–H and O–H groups in total. The fourth-order valence-corrected chi connectivity index (χ4v) is 2.33. The van der Waals surface area contributed by atoms with Crippen molar-refractivity contribution in [2.24, 2.45) is 0 Å². The summed E-state index contributed by atoms with van der Waals surface area (Å²) in [6.45, 7) is 2.31. The number of esters is 1. The van der Waals surface area contributed by atoms with Crippen LogP contribution < -0.4 is 5.56 Å². The van der Waals surface area contributed by atoms with Gasteiger partial charge in [-0.05, 0) is 13.0 Å². The maximum absolute atomic E-state index is 13.3. The highest BCUT2D eigenvalue weighted by molar-refractivity contribution is 5.88. The van der Waals surface area contributed by atoms with Gasteiger partial charge in [0.05, 0.1) is 29.3 Å².